The van der Waals surface area contributed by atoms with E-state index in [4.69, 9.17) is 9.97 Å². The number of benzene rings is 5. The third kappa shape index (κ3) is 4.08. The molecule has 46 heavy (non-hydrogen) atoms. The minimum absolute atomic E-state index is 0.865. The van der Waals surface area contributed by atoms with Crippen LogP contribution in [0.2, 0.25) is 0 Å². The van der Waals surface area contributed by atoms with Crippen LogP contribution in [-0.4, -0.2) is 19.9 Å². The smallest absolute Gasteiger partial charge is 0.0964 e. The zero-order chi connectivity index (χ0) is 30.5. The van der Waals surface area contributed by atoms with Crippen LogP contribution in [0, 0.1) is 0 Å². The lowest BCUT2D eigenvalue weighted by Crippen LogP contribution is -1.96. The molecule has 0 spiro atoms. The molecule has 0 unspecified atom stereocenters. The molecule has 4 heteroatoms. The predicted molar refractivity (Wildman–Crippen MR) is 189 cm³/mol. The van der Waals surface area contributed by atoms with Gasteiger partial charge in [0.15, 0.2) is 0 Å². The molecule has 0 fully saturated rings. The second-order valence-electron chi connectivity index (χ2n) is 11.4. The highest BCUT2D eigenvalue weighted by atomic mass is 14.8. The van der Waals surface area contributed by atoms with E-state index in [-0.39, 0.29) is 0 Å². The zero-order valence-electron chi connectivity index (χ0n) is 24.8. The number of nitrogens with zero attached hydrogens (tertiary/aromatic N) is 4. The lowest BCUT2D eigenvalue weighted by atomic mass is 9.84. The van der Waals surface area contributed by atoms with E-state index in [2.05, 4.69) is 107 Å². The topological polar surface area (TPSA) is 51.6 Å². The summed E-state index contributed by atoms with van der Waals surface area (Å²) in [5.74, 6) is 0. The predicted octanol–water partition coefficient (Wildman–Crippen LogP) is 10.5. The van der Waals surface area contributed by atoms with Gasteiger partial charge >= 0.3 is 0 Å². The molecule has 214 valence electrons. The van der Waals surface area contributed by atoms with Crippen molar-refractivity contribution in [3.8, 4) is 45.0 Å². The fraction of sp³-hybridized carbons (Fsp3) is 0. The largest absolute Gasteiger partial charge is 0.255 e. The second kappa shape index (κ2) is 10.7. The van der Waals surface area contributed by atoms with Crippen LogP contribution < -0.4 is 0 Å². The van der Waals surface area contributed by atoms with Crippen LogP contribution in [0.25, 0.3) is 88.1 Å². The average molecular weight is 587 g/mol. The molecule has 0 aliphatic heterocycles. The van der Waals surface area contributed by atoms with Gasteiger partial charge < -0.3 is 0 Å². The minimum atomic E-state index is 0.865. The van der Waals surface area contributed by atoms with Crippen molar-refractivity contribution in [3.63, 3.8) is 0 Å². The Kier molecular flexibility index (Phi) is 6.10. The molecule has 5 aromatic carbocycles. The van der Waals surface area contributed by atoms with Gasteiger partial charge in [-0.15, -0.1) is 0 Å². The summed E-state index contributed by atoms with van der Waals surface area (Å²) in [5, 5.41) is 9.14. The van der Waals surface area contributed by atoms with Crippen molar-refractivity contribution < 1.29 is 0 Å². The molecule has 4 heterocycles. The van der Waals surface area contributed by atoms with Crippen LogP contribution >= 0.6 is 0 Å². The third-order valence-electron chi connectivity index (χ3n) is 8.88. The SMILES string of the molecule is c1ccc(-c2ncc(-c3c4ccccc4c(-c4cnc(-c5ccccn5)c5ccccc45)c4ccccc34)c3ccccc23)nc1. The summed E-state index contributed by atoms with van der Waals surface area (Å²) in [7, 11) is 0. The van der Waals surface area contributed by atoms with Crippen molar-refractivity contribution in [1.29, 1.82) is 0 Å². The van der Waals surface area contributed by atoms with Gasteiger partial charge in [-0.1, -0.05) is 109 Å². The van der Waals surface area contributed by atoms with Crippen LogP contribution in [-0.2, 0) is 0 Å². The molecule has 4 nitrogen and oxygen atoms in total. The van der Waals surface area contributed by atoms with E-state index >= 15 is 0 Å². The summed E-state index contributed by atoms with van der Waals surface area (Å²) in [5.41, 5.74) is 8.05. The standard InChI is InChI=1S/C42H26N4/c1-7-19-33-27(13-1)35(25-45-41(33)37-21-9-11-23-43-37)39-29-15-3-5-17-31(29)40(32-18-6-4-16-30(32)39)36-26-46-42(38-22-10-12-24-44-38)34-20-8-2-14-28(34)36/h1-26H. The molecular weight excluding hydrogens is 560 g/mol. The molecule has 0 aliphatic rings. The first-order valence-corrected chi connectivity index (χ1v) is 15.4. The molecule has 0 atom stereocenters. The van der Waals surface area contributed by atoms with E-state index in [0.29, 0.717) is 0 Å². The fourth-order valence-electron chi connectivity index (χ4n) is 6.91. The summed E-state index contributed by atoms with van der Waals surface area (Å²) in [6, 6.07) is 46.4. The highest BCUT2D eigenvalue weighted by Gasteiger charge is 2.21. The van der Waals surface area contributed by atoms with Crippen LogP contribution in [0.5, 0.6) is 0 Å². The molecule has 0 aliphatic carbocycles. The van der Waals surface area contributed by atoms with Crippen LogP contribution in [0.3, 0.4) is 0 Å². The lowest BCUT2D eigenvalue weighted by molar-refractivity contribution is 1.27. The monoisotopic (exact) mass is 586 g/mol. The van der Waals surface area contributed by atoms with Crippen molar-refractivity contribution >= 4 is 43.1 Å². The van der Waals surface area contributed by atoms with Gasteiger partial charge in [-0.05, 0) is 67.7 Å². The maximum absolute atomic E-state index is 5.05. The maximum atomic E-state index is 5.05. The zero-order valence-corrected chi connectivity index (χ0v) is 24.8. The summed E-state index contributed by atoms with van der Waals surface area (Å²) >= 11 is 0. The summed E-state index contributed by atoms with van der Waals surface area (Å²) in [6.07, 6.45) is 7.69. The molecule has 0 N–H and O–H groups in total. The Bertz CT molecular complexity index is 2340. The summed E-state index contributed by atoms with van der Waals surface area (Å²) in [6.45, 7) is 0. The van der Waals surface area contributed by atoms with Gasteiger partial charge in [0.05, 0.1) is 22.8 Å². The van der Waals surface area contributed by atoms with Crippen molar-refractivity contribution in [2.75, 3.05) is 0 Å². The van der Waals surface area contributed by atoms with Crippen molar-refractivity contribution in [2.45, 2.75) is 0 Å². The van der Waals surface area contributed by atoms with Crippen molar-refractivity contribution in [2.24, 2.45) is 0 Å². The van der Waals surface area contributed by atoms with Gasteiger partial charge in [0.1, 0.15) is 0 Å². The van der Waals surface area contributed by atoms with Gasteiger partial charge in [0.25, 0.3) is 0 Å². The molecule has 0 saturated carbocycles. The van der Waals surface area contributed by atoms with Gasteiger partial charge in [0, 0.05) is 46.7 Å². The summed E-state index contributed by atoms with van der Waals surface area (Å²) in [4.78, 5) is 19.3. The first-order valence-electron chi connectivity index (χ1n) is 15.4. The van der Waals surface area contributed by atoms with Gasteiger partial charge in [0.2, 0.25) is 0 Å². The van der Waals surface area contributed by atoms with E-state index in [1.807, 2.05) is 61.2 Å². The van der Waals surface area contributed by atoms with Gasteiger partial charge in [-0.2, -0.15) is 0 Å². The van der Waals surface area contributed by atoms with Crippen LogP contribution in [0.15, 0.2) is 158 Å². The number of hydrogen-bond acceptors (Lipinski definition) is 4. The normalized spacial score (nSPS) is 11.5. The van der Waals surface area contributed by atoms with E-state index < -0.39 is 0 Å². The Morgan fingerprint density at radius 2 is 0.609 bits per heavy atom. The average Bonchev–Trinajstić information content (AvgIpc) is 3.14. The molecule has 0 radical (unpaired) electrons. The number of hydrogen-bond donors (Lipinski definition) is 0. The molecular formula is C42H26N4. The minimum Gasteiger partial charge on any atom is -0.255 e. The Labute approximate surface area is 265 Å². The maximum Gasteiger partial charge on any atom is 0.0964 e. The van der Waals surface area contributed by atoms with Crippen molar-refractivity contribution in [1.82, 2.24) is 19.9 Å². The Balaban J connectivity index is 1.37. The van der Waals surface area contributed by atoms with Gasteiger partial charge in [-0.3, -0.25) is 19.9 Å². The number of aromatic nitrogens is 4. The molecule has 9 aromatic rings. The third-order valence-corrected chi connectivity index (χ3v) is 8.88. The second-order valence-corrected chi connectivity index (χ2v) is 11.4. The number of pyridine rings is 4. The number of rotatable bonds is 4. The first kappa shape index (κ1) is 26.2. The quantitative estimate of drug-likeness (QED) is 0.193. The Hall–Kier alpha value is -6.26. The van der Waals surface area contributed by atoms with E-state index in [1.165, 1.54) is 32.7 Å². The van der Waals surface area contributed by atoms with E-state index in [1.54, 1.807) is 0 Å². The lowest BCUT2D eigenvalue weighted by Gasteiger charge is -2.20. The fourth-order valence-corrected chi connectivity index (χ4v) is 6.91. The van der Waals surface area contributed by atoms with E-state index in [9.17, 15) is 0 Å². The number of fused-ring (bicyclic) bond motifs is 4. The Morgan fingerprint density at radius 3 is 0.957 bits per heavy atom. The Morgan fingerprint density at radius 1 is 0.283 bits per heavy atom. The molecule has 0 amide bonds. The van der Waals surface area contributed by atoms with E-state index in [0.717, 1.165) is 55.4 Å². The highest BCUT2D eigenvalue weighted by Crippen LogP contribution is 2.47. The summed E-state index contributed by atoms with van der Waals surface area (Å²) < 4.78 is 0. The highest BCUT2D eigenvalue weighted by molar-refractivity contribution is 6.25. The van der Waals surface area contributed by atoms with Crippen LogP contribution in [0.4, 0.5) is 0 Å². The van der Waals surface area contributed by atoms with Crippen molar-refractivity contribution in [3.05, 3.63) is 158 Å². The van der Waals surface area contributed by atoms with Gasteiger partial charge in [-0.25, -0.2) is 0 Å². The molecule has 9 rings (SSSR count). The molecule has 4 aromatic heterocycles. The molecule has 0 bridgehead atoms. The van der Waals surface area contributed by atoms with Crippen LogP contribution in [0.1, 0.15) is 0 Å². The molecule has 0 saturated heterocycles. The first-order chi connectivity index (χ1) is 22.9.